The fourth-order valence-electron chi connectivity index (χ4n) is 2.13. The summed E-state index contributed by atoms with van der Waals surface area (Å²) in [6, 6.07) is 7.17. The molecule has 0 spiro atoms. The van der Waals surface area contributed by atoms with Crippen molar-refractivity contribution in [2.45, 2.75) is 26.9 Å². The van der Waals surface area contributed by atoms with Gasteiger partial charge in [0.1, 0.15) is 6.61 Å². The number of aromatic nitrogens is 2. The molecule has 5 nitrogen and oxygen atoms in total. The van der Waals surface area contributed by atoms with Crippen LogP contribution in [0.25, 0.3) is 5.57 Å². The molecule has 1 heterocycles. The third-order valence-corrected chi connectivity index (χ3v) is 3.43. The molecule has 0 bridgehead atoms. The zero-order chi connectivity index (χ0) is 16.8. The molecular weight excluding hydrogens is 312 g/mol. The quantitative estimate of drug-likeness (QED) is 0.620. The molecule has 6 heteroatoms. The molecule has 0 radical (unpaired) electrons. The summed E-state index contributed by atoms with van der Waals surface area (Å²) in [7, 11) is 0. The number of allylic oxidation sites excluding steroid dienone is 1. The van der Waals surface area contributed by atoms with Gasteiger partial charge in [-0.3, -0.25) is 0 Å². The van der Waals surface area contributed by atoms with Crippen LogP contribution in [0.4, 0.5) is 0 Å². The molecule has 0 aliphatic rings. The second-order valence-electron chi connectivity index (χ2n) is 5.11. The van der Waals surface area contributed by atoms with Gasteiger partial charge in [0.15, 0.2) is 0 Å². The van der Waals surface area contributed by atoms with E-state index in [0.717, 1.165) is 23.1 Å². The standard InChI is InChI=1S/C17H20N2O3S/c1-4-10-21-17(20)14-7-5-6-13(12(2)3)15(14)11-22-16-8-9-19(23)18-16/h5-9,23H,2,4,10-11H2,1,3H3. The average Bonchev–Trinajstić information content (AvgIpc) is 2.95. The van der Waals surface area contributed by atoms with E-state index in [1.807, 2.05) is 26.0 Å². The lowest BCUT2D eigenvalue weighted by atomic mass is 9.97. The molecule has 0 fully saturated rings. The SMILES string of the molecule is C=C(C)c1cccc(C(=O)OCCC)c1COc1ccn(S)n1. The van der Waals surface area contributed by atoms with Gasteiger partial charge in [-0.25, -0.2) is 8.88 Å². The molecule has 2 aromatic rings. The molecule has 0 aliphatic heterocycles. The summed E-state index contributed by atoms with van der Waals surface area (Å²) in [6.07, 6.45) is 2.44. The van der Waals surface area contributed by atoms with E-state index >= 15 is 0 Å². The first-order chi connectivity index (χ1) is 11.0. The highest BCUT2D eigenvalue weighted by atomic mass is 32.1. The molecule has 23 heavy (non-hydrogen) atoms. The highest BCUT2D eigenvalue weighted by Crippen LogP contribution is 2.24. The molecular formula is C17H20N2O3S. The number of hydrogen-bond donors (Lipinski definition) is 1. The first-order valence-corrected chi connectivity index (χ1v) is 7.75. The van der Waals surface area contributed by atoms with Gasteiger partial charge in [0, 0.05) is 17.8 Å². The Labute approximate surface area is 141 Å². The number of carbonyl (C=O) groups is 1. The largest absolute Gasteiger partial charge is 0.472 e. The number of rotatable bonds is 7. The molecule has 0 N–H and O–H groups in total. The summed E-state index contributed by atoms with van der Waals surface area (Å²) in [5.41, 5.74) is 2.97. The second-order valence-corrected chi connectivity index (χ2v) is 5.52. The van der Waals surface area contributed by atoms with Crippen LogP contribution in [-0.2, 0) is 11.3 Å². The van der Waals surface area contributed by atoms with E-state index in [1.165, 1.54) is 4.09 Å². The van der Waals surface area contributed by atoms with E-state index in [-0.39, 0.29) is 12.6 Å². The number of thiol groups is 1. The molecule has 2 rings (SSSR count). The van der Waals surface area contributed by atoms with E-state index in [1.54, 1.807) is 18.3 Å². The van der Waals surface area contributed by atoms with E-state index in [2.05, 4.69) is 24.5 Å². The summed E-state index contributed by atoms with van der Waals surface area (Å²) in [5, 5.41) is 4.04. The van der Waals surface area contributed by atoms with E-state index in [9.17, 15) is 4.79 Å². The van der Waals surface area contributed by atoms with E-state index in [4.69, 9.17) is 9.47 Å². The van der Waals surface area contributed by atoms with Crippen molar-refractivity contribution in [1.29, 1.82) is 0 Å². The first-order valence-electron chi connectivity index (χ1n) is 7.35. The minimum atomic E-state index is -0.353. The van der Waals surface area contributed by atoms with Gasteiger partial charge in [-0.05, 0) is 37.8 Å². The summed E-state index contributed by atoms with van der Waals surface area (Å²) >= 11 is 4.07. The second kappa shape index (κ2) is 7.87. The maximum Gasteiger partial charge on any atom is 0.338 e. The normalized spacial score (nSPS) is 10.4. The summed E-state index contributed by atoms with van der Waals surface area (Å²) in [6.45, 7) is 8.40. The predicted molar refractivity (Wildman–Crippen MR) is 92.7 cm³/mol. The summed E-state index contributed by atoms with van der Waals surface area (Å²) < 4.78 is 12.3. The van der Waals surface area contributed by atoms with E-state index in [0.29, 0.717) is 18.1 Å². The zero-order valence-corrected chi connectivity index (χ0v) is 14.2. The molecule has 0 unspecified atom stereocenters. The number of nitrogens with zero attached hydrogens (tertiary/aromatic N) is 2. The van der Waals surface area contributed by atoms with Crippen LogP contribution in [0.2, 0.25) is 0 Å². The molecule has 0 saturated carbocycles. The number of ether oxygens (including phenoxy) is 2. The van der Waals surface area contributed by atoms with Crippen molar-refractivity contribution in [1.82, 2.24) is 9.19 Å². The summed E-state index contributed by atoms with van der Waals surface area (Å²) in [4.78, 5) is 12.3. The Kier molecular flexibility index (Phi) is 5.87. The van der Waals surface area contributed by atoms with Crippen molar-refractivity contribution in [3.05, 3.63) is 53.7 Å². The van der Waals surface area contributed by atoms with Crippen molar-refractivity contribution in [3.63, 3.8) is 0 Å². The van der Waals surface area contributed by atoms with Gasteiger partial charge >= 0.3 is 5.97 Å². The Morgan fingerprint density at radius 2 is 2.09 bits per heavy atom. The monoisotopic (exact) mass is 332 g/mol. The number of esters is 1. The molecule has 122 valence electrons. The lowest BCUT2D eigenvalue weighted by Gasteiger charge is -2.14. The van der Waals surface area contributed by atoms with Crippen molar-refractivity contribution >= 4 is 24.4 Å². The van der Waals surface area contributed by atoms with Crippen molar-refractivity contribution in [2.24, 2.45) is 0 Å². The third kappa shape index (κ3) is 4.39. The van der Waals surface area contributed by atoms with Gasteiger partial charge in [0.2, 0.25) is 5.88 Å². The topological polar surface area (TPSA) is 53.4 Å². The van der Waals surface area contributed by atoms with Crippen LogP contribution in [0.5, 0.6) is 5.88 Å². The Morgan fingerprint density at radius 1 is 1.35 bits per heavy atom. The Balaban J connectivity index is 2.29. The lowest BCUT2D eigenvalue weighted by molar-refractivity contribution is 0.0502. The van der Waals surface area contributed by atoms with Gasteiger partial charge in [0.05, 0.1) is 12.2 Å². The van der Waals surface area contributed by atoms with Gasteiger partial charge in [-0.2, -0.15) is 0 Å². The van der Waals surface area contributed by atoms with E-state index < -0.39 is 0 Å². The number of carbonyl (C=O) groups excluding carboxylic acids is 1. The van der Waals surface area contributed by atoms with Crippen molar-refractivity contribution < 1.29 is 14.3 Å². The lowest BCUT2D eigenvalue weighted by Crippen LogP contribution is -2.12. The van der Waals surface area contributed by atoms with Crippen LogP contribution >= 0.6 is 12.8 Å². The number of benzene rings is 1. The predicted octanol–water partition coefficient (Wildman–Crippen LogP) is 3.75. The molecule has 0 amide bonds. The highest BCUT2D eigenvalue weighted by molar-refractivity contribution is 7.78. The maximum absolute atomic E-state index is 12.3. The zero-order valence-electron chi connectivity index (χ0n) is 13.3. The van der Waals surface area contributed by atoms with Crippen LogP contribution in [0.3, 0.4) is 0 Å². The Morgan fingerprint density at radius 3 is 2.70 bits per heavy atom. The first kappa shape index (κ1) is 17.1. The van der Waals surface area contributed by atoms with Gasteiger partial charge in [-0.1, -0.05) is 31.2 Å². The third-order valence-electron chi connectivity index (χ3n) is 3.21. The van der Waals surface area contributed by atoms with Gasteiger partial charge in [-0.15, -0.1) is 5.10 Å². The fraction of sp³-hybridized carbons (Fsp3) is 0.294. The van der Waals surface area contributed by atoms with Gasteiger partial charge in [0.25, 0.3) is 0 Å². The fourth-order valence-corrected chi connectivity index (χ4v) is 2.28. The molecule has 0 aliphatic carbocycles. The van der Waals surface area contributed by atoms with Crippen molar-refractivity contribution in [3.8, 4) is 5.88 Å². The van der Waals surface area contributed by atoms with Crippen LogP contribution in [0, 0.1) is 0 Å². The number of hydrogen-bond acceptors (Lipinski definition) is 5. The molecule has 1 aromatic carbocycles. The minimum absolute atomic E-state index is 0.199. The smallest absolute Gasteiger partial charge is 0.338 e. The van der Waals surface area contributed by atoms with Crippen molar-refractivity contribution in [2.75, 3.05) is 6.61 Å². The average molecular weight is 332 g/mol. The maximum atomic E-state index is 12.3. The van der Waals surface area contributed by atoms with Crippen LogP contribution in [0.1, 0.15) is 41.8 Å². The molecule has 1 aromatic heterocycles. The highest BCUT2D eigenvalue weighted by Gasteiger charge is 2.17. The van der Waals surface area contributed by atoms with Gasteiger partial charge < -0.3 is 9.47 Å². The van der Waals surface area contributed by atoms with Crippen LogP contribution in [0.15, 0.2) is 37.0 Å². The Bertz CT molecular complexity index is 710. The minimum Gasteiger partial charge on any atom is -0.472 e. The summed E-state index contributed by atoms with van der Waals surface area (Å²) in [5.74, 6) is 0.0812. The van der Waals surface area contributed by atoms with Crippen LogP contribution < -0.4 is 4.74 Å². The molecule has 0 saturated heterocycles. The molecule has 0 atom stereocenters. The van der Waals surface area contributed by atoms with Crippen LogP contribution in [-0.4, -0.2) is 21.8 Å². The Hall–Kier alpha value is -2.21.